The highest BCUT2D eigenvalue weighted by molar-refractivity contribution is 6.33. The van der Waals surface area contributed by atoms with E-state index in [4.69, 9.17) is 11.6 Å². The van der Waals surface area contributed by atoms with Crippen molar-refractivity contribution in [2.45, 2.75) is 6.42 Å². The molecule has 0 radical (unpaired) electrons. The van der Waals surface area contributed by atoms with E-state index in [1.807, 2.05) is 36.4 Å². The highest BCUT2D eigenvalue weighted by atomic mass is 35.5. The van der Waals surface area contributed by atoms with Gasteiger partial charge in [0.15, 0.2) is 0 Å². The largest absolute Gasteiger partial charge is 0.355 e. The van der Waals surface area contributed by atoms with Crippen LogP contribution < -0.4 is 15.5 Å². The summed E-state index contributed by atoms with van der Waals surface area (Å²) in [5, 5.41) is 6.88. The van der Waals surface area contributed by atoms with Crippen molar-refractivity contribution >= 4 is 29.0 Å². The van der Waals surface area contributed by atoms with Gasteiger partial charge < -0.3 is 15.5 Å². The van der Waals surface area contributed by atoms with Crippen LogP contribution in [0, 0.1) is 0 Å². The van der Waals surface area contributed by atoms with Crippen molar-refractivity contribution in [1.82, 2.24) is 15.3 Å². The standard InChI is InChI=1S/C22H22ClN5O/c23-19-7-6-17(14-18(19)20-4-1-2-10-25-20)27-22(29)16-5-8-21(26-15-16)28-12-3-9-24-11-13-28/h1-2,4-8,10,14-15,24H,3,9,11-13H2,(H,27,29). The van der Waals surface area contributed by atoms with Gasteiger partial charge in [0.05, 0.1) is 16.3 Å². The molecule has 0 bridgehead atoms. The number of hydrogen-bond donors (Lipinski definition) is 2. The van der Waals surface area contributed by atoms with E-state index in [0.717, 1.165) is 49.7 Å². The molecule has 0 spiro atoms. The molecular weight excluding hydrogens is 386 g/mol. The molecule has 2 N–H and O–H groups in total. The third kappa shape index (κ3) is 4.72. The lowest BCUT2D eigenvalue weighted by Crippen LogP contribution is -2.28. The maximum atomic E-state index is 12.7. The fourth-order valence-electron chi connectivity index (χ4n) is 3.31. The van der Waals surface area contributed by atoms with E-state index in [-0.39, 0.29) is 5.91 Å². The highest BCUT2D eigenvalue weighted by Crippen LogP contribution is 2.29. The molecule has 0 saturated carbocycles. The molecule has 7 heteroatoms. The molecule has 1 fully saturated rings. The van der Waals surface area contributed by atoms with Crippen LogP contribution in [-0.4, -0.2) is 42.1 Å². The second kappa shape index (κ2) is 9.03. The van der Waals surface area contributed by atoms with Crippen molar-refractivity contribution in [2.75, 3.05) is 36.4 Å². The predicted octanol–water partition coefficient (Wildman–Crippen LogP) is 3.85. The second-order valence-electron chi connectivity index (χ2n) is 6.86. The van der Waals surface area contributed by atoms with Gasteiger partial charge in [0, 0.05) is 43.3 Å². The van der Waals surface area contributed by atoms with Gasteiger partial charge in [-0.1, -0.05) is 17.7 Å². The number of nitrogens with one attached hydrogen (secondary N) is 2. The lowest BCUT2D eigenvalue weighted by Gasteiger charge is -2.21. The van der Waals surface area contributed by atoms with Gasteiger partial charge >= 0.3 is 0 Å². The number of rotatable bonds is 4. The zero-order chi connectivity index (χ0) is 20.1. The summed E-state index contributed by atoms with van der Waals surface area (Å²) < 4.78 is 0. The molecule has 6 nitrogen and oxygen atoms in total. The van der Waals surface area contributed by atoms with Crippen LogP contribution in [-0.2, 0) is 0 Å². The average molecular weight is 408 g/mol. The van der Waals surface area contributed by atoms with Gasteiger partial charge in [-0.25, -0.2) is 4.98 Å². The van der Waals surface area contributed by atoms with Crippen LogP contribution in [0.25, 0.3) is 11.3 Å². The number of nitrogens with zero attached hydrogens (tertiary/aromatic N) is 3. The van der Waals surface area contributed by atoms with Crippen LogP contribution in [0.3, 0.4) is 0 Å². The Kier molecular flexibility index (Phi) is 6.03. The molecule has 4 rings (SSSR count). The van der Waals surface area contributed by atoms with E-state index in [0.29, 0.717) is 16.3 Å². The monoisotopic (exact) mass is 407 g/mol. The van der Waals surface area contributed by atoms with Crippen LogP contribution in [0.1, 0.15) is 16.8 Å². The van der Waals surface area contributed by atoms with E-state index in [9.17, 15) is 4.79 Å². The first kappa shape index (κ1) is 19.4. The van der Waals surface area contributed by atoms with Crippen molar-refractivity contribution in [3.05, 3.63) is 71.5 Å². The van der Waals surface area contributed by atoms with Crippen LogP contribution in [0.5, 0.6) is 0 Å². The summed E-state index contributed by atoms with van der Waals surface area (Å²) in [6, 6.07) is 14.7. The number of benzene rings is 1. The minimum Gasteiger partial charge on any atom is -0.355 e. The average Bonchev–Trinajstić information content (AvgIpc) is 3.05. The lowest BCUT2D eigenvalue weighted by atomic mass is 10.1. The highest BCUT2D eigenvalue weighted by Gasteiger charge is 2.13. The molecule has 1 aromatic carbocycles. The number of halogens is 1. The number of carbonyl (C=O) groups excluding carboxylic acids is 1. The molecular formula is C22H22ClN5O. The van der Waals surface area contributed by atoms with Gasteiger partial charge in [-0.15, -0.1) is 0 Å². The number of anilines is 2. The third-order valence-electron chi connectivity index (χ3n) is 4.84. The summed E-state index contributed by atoms with van der Waals surface area (Å²) >= 11 is 6.32. The van der Waals surface area contributed by atoms with Gasteiger partial charge in [0.25, 0.3) is 5.91 Å². The molecule has 0 aliphatic carbocycles. The Hall–Kier alpha value is -2.96. The maximum absolute atomic E-state index is 12.7. The van der Waals surface area contributed by atoms with Crippen LogP contribution in [0.2, 0.25) is 5.02 Å². The molecule has 1 aliphatic rings. The molecule has 0 unspecified atom stereocenters. The first-order chi connectivity index (χ1) is 14.2. The molecule has 0 atom stereocenters. The van der Waals surface area contributed by atoms with Gasteiger partial charge in [0.1, 0.15) is 5.82 Å². The fourth-order valence-corrected chi connectivity index (χ4v) is 3.52. The lowest BCUT2D eigenvalue weighted by molar-refractivity contribution is 0.102. The molecule has 1 aliphatic heterocycles. The molecule has 148 valence electrons. The van der Waals surface area contributed by atoms with E-state index in [1.165, 1.54) is 0 Å². The number of pyridine rings is 2. The van der Waals surface area contributed by atoms with Crippen LogP contribution >= 0.6 is 11.6 Å². The Morgan fingerprint density at radius 3 is 2.79 bits per heavy atom. The fraction of sp³-hybridized carbons (Fsp3) is 0.227. The summed E-state index contributed by atoms with van der Waals surface area (Å²) in [6.07, 6.45) is 4.42. The van der Waals surface area contributed by atoms with Crippen molar-refractivity contribution in [3.8, 4) is 11.3 Å². The van der Waals surface area contributed by atoms with E-state index < -0.39 is 0 Å². The van der Waals surface area contributed by atoms with Crippen molar-refractivity contribution in [3.63, 3.8) is 0 Å². The molecule has 2 aromatic heterocycles. The molecule has 3 aromatic rings. The SMILES string of the molecule is O=C(Nc1ccc(Cl)c(-c2ccccn2)c1)c1ccc(N2CCCNCC2)nc1. The number of hydrogen-bond acceptors (Lipinski definition) is 5. The summed E-state index contributed by atoms with van der Waals surface area (Å²) in [5.74, 6) is 0.685. The number of carbonyl (C=O) groups is 1. The Morgan fingerprint density at radius 2 is 2.00 bits per heavy atom. The van der Waals surface area contributed by atoms with E-state index >= 15 is 0 Å². The van der Waals surface area contributed by atoms with Gasteiger partial charge in [-0.05, 0) is 55.4 Å². The van der Waals surface area contributed by atoms with E-state index in [1.54, 1.807) is 24.5 Å². The summed E-state index contributed by atoms with van der Waals surface area (Å²) in [4.78, 5) is 23.7. The summed E-state index contributed by atoms with van der Waals surface area (Å²) in [7, 11) is 0. The van der Waals surface area contributed by atoms with Crippen molar-refractivity contribution in [1.29, 1.82) is 0 Å². The smallest absolute Gasteiger partial charge is 0.257 e. The van der Waals surface area contributed by atoms with Gasteiger partial charge in [0.2, 0.25) is 0 Å². The Morgan fingerprint density at radius 1 is 1.07 bits per heavy atom. The topological polar surface area (TPSA) is 70.2 Å². The Balaban J connectivity index is 1.48. The normalized spacial score (nSPS) is 14.3. The Bertz CT molecular complexity index is 970. The third-order valence-corrected chi connectivity index (χ3v) is 5.17. The summed E-state index contributed by atoms with van der Waals surface area (Å²) in [6.45, 7) is 3.85. The first-order valence-corrected chi connectivity index (χ1v) is 10.0. The summed E-state index contributed by atoms with van der Waals surface area (Å²) in [5.41, 5.74) is 2.69. The Labute approximate surface area is 174 Å². The predicted molar refractivity (Wildman–Crippen MR) is 117 cm³/mol. The molecule has 3 heterocycles. The zero-order valence-electron chi connectivity index (χ0n) is 15.9. The first-order valence-electron chi connectivity index (χ1n) is 9.65. The minimum atomic E-state index is -0.212. The van der Waals surface area contributed by atoms with Crippen molar-refractivity contribution < 1.29 is 4.79 Å². The minimum absolute atomic E-state index is 0.212. The number of aromatic nitrogens is 2. The van der Waals surface area contributed by atoms with Crippen LogP contribution in [0.15, 0.2) is 60.9 Å². The van der Waals surface area contributed by atoms with Crippen molar-refractivity contribution in [2.24, 2.45) is 0 Å². The second-order valence-corrected chi connectivity index (χ2v) is 7.27. The quantitative estimate of drug-likeness (QED) is 0.687. The van der Waals surface area contributed by atoms with Gasteiger partial charge in [-0.3, -0.25) is 9.78 Å². The molecule has 1 saturated heterocycles. The van der Waals surface area contributed by atoms with Crippen LogP contribution in [0.4, 0.5) is 11.5 Å². The zero-order valence-corrected chi connectivity index (χ0v) is 16.7. The molecule has 1 amide bonds. The maximum Gasteiger partial charge on any atom is 0.257 e. The number of amides is 1. The van der Waals surface area contributed by atoms with E-state index in [2.05, 4.69) is 25.5 Å². The van der Waals surface area contributed by atoms with Gasteiger partial charge in [-0.2, -0.15) is 0 Å². The molecule has 29 heavy (non-hydrogen) atoms.